The zero-order chi connectivity index (χ0) is 15.5. The highest BCUT2D eigenvalue weighted by Gasteiger charge is 2.12. The van der Waals surface area contributed by atoms with Crippen LogP contribution >= 0.6 is 0 Å². The minimum atomic E-state index is -0.0171. The minimum absolute atomic E-state index is 0.0171. The number of nitrogens with zero attached hydrogens (tertiary/aromatic N) is 2. The molecule has 3 nitrogen and oxygen atoms in total. The highest BCUT2D eigenvalue weighted by atomic mass is 16.3. The maximum atomic E-state index is 9.66. The van der Waals surface area contributed by atoms with E-state index in [0.717, 1.165) is 34.5 Å². The molecule has 3 aromatic rings. The SMILES string of the molecule is CCc1ccc(-c2nn(-c3ccccc3C)cc2CO)cc1. The number of aliphatic hydroxyl groups excluding tert-OH is 1. The summed E-state index contributed by atoms with van der Waals surface area (Å²) in [5.41, 5.74) is 6.21. The zero-order valence-electron chi connectivity index (χ0n) is 13.0. The molecular formula is C19H20N2O. The Morgan fingerprint density at radius 3 is 2.41 bits per heavy atom. The van der Waals surface area contributed by atoms with Crippen molar-refractivity contribution in [1.29, 1.82) is 0 Å². The van der Waals surface area contributed by atoms with Gasteiger partial charge >= 0.3 is 0 Å². The third-order valence-electron chi connectivity index (χ3n) is 3.96. The lowest BCUT2D eigenvalue weighted by atomic mass is 10.1. The largest absolute Gasteiger partial charge is 0.392 e. The first-order valence-corrected chi connectivity index (χ1v) is 7.57. The van der Waals surface area contributed by atoms with Crippen LogP contribution in [-0.4, -0.2) is 14.9 Å². The van der Waals surface area contributed by atoms with Gasteiger partial charge in [-0.25, -0.2) is 4.68 Å². The predicted octanol–water partition coefficient (Wildman–Crippen LogP) is 3.90. The Morgan fingerprint density at radius 1 is 1.05 bits per heavy atom. The molecule has 0 bridgehead atoms. The van der Waals surface area contributed by atoms with Crippen molar-refractivity contribution in [2.45, 2.75) is 26.9 Å². The number of aliphatic hydroxyl groups is 1. The van der Waals surface area contributed by atoms with E-state index in [-0.39, 0.29) is 6.61 Å². The third-order valence-corrected chi connectivity index (χ3v) is 3.96. The summed E-state index contributed by atoms with van der Waals surface area (Å²) in [5, 5.41) is 14.4. The number of hydrogen-bond donors (Lipinski definition) is 1. The van der Waals surface area contributed by atoms with E-state index in [2.05, 4.69) is 44.2 Å². The summed E-state index contributed by atoms with van der Waals surface area (Å²) in [6.07, 6.45) is 2.93. The van der Waals surface area contributed by atoms with E-state index in [1.54, 1.807) is 0 Å². The van der Waals surface area contributed by atoms with Crippen molar-refractivity contribution in [3.8, 4) is 16.9 Å². The number of para-hydroxylation sites is 1. The molecule has 3 heteroatoms. The van der Waals surface area contributed by atoms with Gasteiger partial charge in [-0.05, 0) is 30.5 Å². The Labute approximate surface area is 130 Å². The third kappa shape index (κ3) is 2.68. The molecule has 1 heterocycles. The topological polar surface area (TPSA) is 38.0 Å². The summed E-state index contributed by atoms with van der Waals surface area (Å²) >= 11 is 0. The lowest BCUT2D eigenvalue weighted by Crippen LogP contribution is -1.97. The molecule has 0 amide bonds. The normalized spacial score (nSPS) is 10.9. The van der Waals surface area contributed by atoms with Crippen LogP contribution in [0.2, 0.25) is 0 Å². The number of benzene rings is 2. The molecule has 0 radical (unpaired) electrons. The van der Waals surface area contributed by atoms with Crippen molar-refractivity contribution < 1.29 is 5.11 Å². The standard InChI is InChI=1S/C19H20N2O/c1-3-15-8-10-16(11-9-15)19-17(13-22)12-21(20-19)18-7-5-4-6-14(18)2/h4-12,22H,3,13H2,1-2H3. The van der Waals surface area contributed by atoms with Crippen LogP contribution in [-0.2, 0) is 13.0 Å². The van der Waals surface area contributed by atoms with Gasteiger partial charge in [-0.2, -0.15) is 5.10 Å². The molecule has 0 aliphatic rings. The average Bonchev–Trinajstić information content (AvgIpc) is 2.99. The van der Waals surface area contributed by atoms with E-state index in [0.29, 0.717) is 0 Å². The van der Waals surface area contributed by atoms with Crippen LogP contribution in [0.15, 0.2) is 54.7 Å². The van der Waals surface area contributed by atoms with Crippen molar-refractivity contribution in [3.05, 3.63) is 71.4 Å². The van der Waals surface area contributed by atoms with Gasteiger partial charge in [0.25, 0.3) is 0 Å². The molecule has 112 valence electrons. The zero-order valence-corrected chi connectivity index (χ0v) is 13.0. The summed E-state index contributed by atoms with van der Waals surface area (Å²) in [5.74, 6) is 0. The Bertz CT molecular complexity index is 772. The molecule has 0 spiro atoms. The second kappa shape index (κ2) is 6.16. The molecule has 0 saturated heterocycles. The van der Waals surface area contributed by atoms with Gasteiger partial charge in [0.1, 0.15) is 0 Å². The van der Waals surface area contributed by atoms with Crippen molar-refractivity contribution in [3.63, 3.8) is 0 Å². The van der Waals surface area contributed by atoms with Gasteiger partial charge in [-0.3, -0.25) is 0 Å². The first-order valence-electron chi connectivity index (χ1n) is 7.57. The molecule has 22 heavy (non-hydrogen) atoms. The Hall–Kier alpha value is -2.39. The minimum Gasteiger partial charge on any atom is -0.392 e. The molecule has 0 unspecified atom stereocenters. The monoisotopic (exact) mass is 292 g/mol. The fraction of sp³-hybridized carbons (Fsp3) is 0.211. The lowest BCUT2D eigenvalue weighted by Gasteiger charge is -2.05. The Balaban J connectivity index is 2.06. The van der Waals surface area contributed by atoms with Crippen LogP contribution < -0.4 is 0 Å². The van der Waals surface area contributed by atoms with Crippen LogP contribution in [0.1, 0.15) is 23.6 Å². The molecule has 0 aliphatic carbocycles. The lowest BCUT2D eigenvalue weighted by molar-refractivity contribution is 0.282. The maximum absolute atomic E-state index is 9.66. The predicted molar refractivity (Wildman–Crippen MR) is 89.0 cm³/mol. The molecule has 0 aliphatic heterocycles. The summed E-state index contributed by atoms with van der Waals surface area (Å²) in [6, 6.07) is 16.5. The van der Waals surface area contributed by atoms with Crippen molar-refractivity contribution >= 4 is 0 Å². The van der Waals surface area contributed by atoms with Gasteiger partial charge in [-0.15, -0.1) is 0 Å². The van der Waals surface area contributed by atoms with Crippen LogP contribution in [0.5, 0.6) is 0 Å². The summed E-state index contributed by atoms with van der Waals surface area (Å²) in [4.78, 5) is 0. The Kier molecular flexibility index (Phi) is 4.07. The first-order chi connectivity index (χ1) is 10.7. The van der Waals surface area contributed by atoms with Crippen LogP contribution in [0.25, 0.3) is 16.9 Å². The highest BCUT2D eigenvalue weighted by molar-refractivity contribution is 5.63. The van der Waals surface area contributed by atoms with Gasteiger partial charge in [0, 0.05) is 17.3 Å². The smallest absolute Gasteiger partial charge is 0.0982 e. The van der Waals surface area contributed by atoms with E-state index in [1.165, 1.54) is 5.56 Å². The fourth-order valence-electron chi connectivity index (χ4n) is 2.61. The van der Waals surface area contributed by atoms with E-state index < -0.39 is 0 Å². The second-order valence-electron chi connectivity index (χ2n) is 5.44. The van der Waals surface area contributed by atoms with Crippen molar-refractivity contribution in [2.24, 2.45) is 0 Å². The van der Waals surface area contributed by atoms with Crippen molar-refractivity contribution in [1.82, 2.24) is 9.78 Å². The van der Waals surface area contributed by atoms with Crippen LogP contribution in [0.3, 0.4) is 0 Å². The second-order valence-corrected chi connectivity index (χ2v) is 5.44. The van der Waals surface area contributed by atoms with Gasteiger partial charge < -0.3 is 5.11 Å². The molecule has 0 fully saturated rings. The number of aromatic nitrogens is 2. The number of aryl methyl sites for hydroxylation is 2. The summed E-state index contributed by atoms with van der Waals surface area (Å²) in [6.45, 7) is 4.18. The summed E-state index contributed by atoms with van der Waals surface area (Å²) < 4.78 is 1.85. The molecule has 1 N–H and O–H groups in total. The highest BCUT2D eigenvalue weighted by Crippen LogP contribution is 2.25. The van der Waals surface area contributed by atoms with Gasteiger partial charge in [0.15, 0.2) is 0 Å². The molecule has 0 atom stereocenters. The van der Waals surface area contributed by atoms with Crippen LogP contribution in [0, 0.1) is 6.92 Å². The quantitative estimate of drug-likeness (QED) is 0.792. The van der Waals surface area contributed by atoms with Gasteiger partial charge in [0.05, 0.1) is 18.0 Å². The molecular weight excluding hydrogens is 272 g/mol. The van der Waals surface area contributed by atoms with E-state index >= 15 is 0 Å². The van der Waals surface area contributed by atoms with Crippen LogP contribution in [0.4, 0.5) is 0 Å². The molecule has 1 aromatic heterocycles. The van der Waals surface area contributed by atoms with E-state index in [1.807, 2.05) is 29.1 Å². The first kappa shape index (κ1) is 14.5. The number of rotatable bonds is 4. The maximum Gasteiger partial charge on any atom is 0.0982 e. The molecule has 0 saturated carbocycles. The fourth-order valence-corrected chi connectivity index (χ4v) is 2.61. The van der Waals surface area contributed by atoms with E-state index in [4.69, 9.17) is 5.10 Å². The molecule has 3 rings (SSSR count). The van der Waals surface area contributed by atoms with Gasteiger partial charge in [0.2, 0.25) is 0 Å². The van der Waals surface area contributed by atoms with E-state index in [9.17, 15) is 5.11 Å². The summed E-state index contributed by atoms with van der Waals surface area (Å²) in [7, 11) is 0. The molecule has 2 aromatic carbocycles. The van der Waals surface area contributed by atoms with Gasteiger partial charge in [-0.1, -0.05) is 49.4 Å². The number of hydrogen-bond acceptors (Lipinski definition) is 2. The Morgan fingerprint density at radius 2 is 1.77 bits per heavy atom. The average molecular weight is 292 g/mol. The van der Waals surface area contributed by atoms with Crippen molar-refractivity contribution in [2.75, 3.05) is 0 Å².